The molecule has 1 saturated heterocycles. The third kappa shape index (κ3) is 1.23. The van der Waals surface area contributed by atoms with Crippen LogP contribution in [-0.2, 0) is 0 Å². The van der Waals surface area contributed by atoms with Crippen molar-refractivity contribution >= 4 is 0 Å². The lowest BCUT2D eigenvalue weighted by Crippen LogP contribution is -2.38. The third-order valence-electron chi connectivity index (χ3n) is 2.50. The van der Waals surface area contributed by atoms with E-state index in [0.29, 0.717) is 12.0 Å². The maximum atomic E-state index is 8.66. The zero-order valence-electron chi connectivity index (χ0n) is 6.67. The highest BCUT2D eigenvalue weighted by Crippen LogP contribution is 2.21. The maximum absolute atomic E-state index is 8.66. The van der Waals surface area contributed by atoms with E-state index in [0.717, 1.165) is 6.54 Å². The Hall–Kier alpha value is -0.710. The van der Waals surface area contributed by atoms with Gasteiger partial charge in [-0.25, -0.2) is 0 Å². The first-order valence-electron chi connectivity index (χ1n) is 3.92. The number of nitriles is 1. The third-order valence-corrected chi connectivity index (χ3v) is 2.50. The van der Waals surface area contributed by atoms with E-state index in [2.05, 4.69) is 20.0 Å². The van der Waals surface area contributed by atoms with E-state index in [9.17, 15) is 0 Å². The predicted octanol–water partition coefficient (Wildman–Crippen LogP) is 1.59. The highest BCUT2D eigenvalue weighted by atomic mass is 15.2. The second-order valence-corrected chi connectivity index (χ2v) is 3.15. The first-order chi connectivity index (χ1) is 4.75. The summed E-state index contributed by atoms with van der Waals surface area (Å²) in [5.41, 5.74) is 0. The fraction of sp³-hybridized carbons (Fsp3) is 0.875. The Morgan fingerprint density at radius 1 is 1.50 bits per heavy atom. The van der Waals surface area contributed by atoms with Crippen molar-refractivity contribution in [3.05, 3.63) is 0 Å². The quantitative estimate of drug-likeness (QED) is 0.475. The predicted molar refractivity (Wildman–Crippen MR) is 40.2 cm³/mol. The Balaban J connectivity index is 2.53. The molecule has 0 aromatic carbocycles. The van der Waals surface area contributed by atoms with Crippen molar-refractivity contribution in [2.75, 3.05) is 6.54 Å². The summed E-state index contributed by atoms with van der Waals surface area (Å²) in [5.74, 6) is 0.688. The zero-order chi connectivity index (χ0) is 7.56. The van der Waals surface area contributed by atoms with Crippen LogP contribution in [0.3, 0.4) is 0 Å². The van der Waals surface area contributed by atoms with Crippen LogP contribution in [0.4, 0.5) is 0 Å². The molecule has 1 fully saturated rings. The van der Waals surface area contributed by atoms with Crippen LogP contribution < -0.4 is 0 Å². The molecule has 2 atom stereocenters. The lowest BCUT2D eigenvalue weighted by Gasteiger charge is -2.33. The zero-order valence-corrected chi connectivity index (χ0v) is 6.67. The monoisotopic (exact) mass is 138 g/mol. The second-order valence-electron chi connectivity index (χ2n) is 3.15. The van der Waals surface area contributed by atoms with Gasteiger partial charge < -0.3 is 4.90 Å². The molecule has 1 heterocycles. The summed E-state index contributed by atoms with van der Waals surface area (Å²) in [7, 11) is 0. The van der Waals surface area contributed by atoms with Gasteiger partial charge in [-0.3, -0.25) is 0 Å². The fourth-order valence-electron chi connectivity index (χ4n) is 1.48. The topological polar surface area (TPSA) is 27.0 Å². The van der Waals surface area contributed by atoms with Crippen molar-refractivity contribution in [3.63, 3.8) is 0 Å². The van der Waals surface area contributed by atoms with Gasteiger partial charge in [0.2, 0.25) is 0 Å². The average Bonchev–Trinajstić information content (AvgIpc) is 1.95. The molecule has 1 rings (SSSR count). The fourth-order valence-corrected chi connectivity index (χ4v) is 1.48. The van der Waals surface area contributed by atoms with Gasteiger partial charge in [-0.05, 0) is 25.7 Å². The van der Waals surface area contributed by atoms with Gasteiger partial charge in [0.1, 0.15) is 0 Å². The molecule has 0 spiro atoms. The largest absolute Gasteiger partial charge is 0.308 e. The molecule has 0 aliphatic carbocycles. The van der Waals surface area contributed by atoms with Gasteiger partial charge in [-0.15, -0.1) is 0 Å². The molecule has 2 unspecified atom stereocenters. The summed E-state index contributed by atoms with van der Waals surface area (Å²) in [5, 5.41) is 8.66. The van der Waals surface area contributed by atoms with E-state index >= 15 is 0 Å². The van der Waals surface area contributed by atoms with Gasteiger partial charge in [0, 0.05) is 12.6 Å². The van der Waals surface area contributed by atoms with Gasteiger partial charge in [0.15, 0.2) is 6.19 Å². The van der Waals surface area contributed by atoms with Gasteiger partial charge >= 0.3 is 0 Å². The Morgan fingerprint density at radius 2 is 2.20 bits per heavy atom. The minimum Gasteiger partial charge on any atom is -0.308 e. The van der Waals surface area contributed by atoms with Crippen LogP contribution in [0.2, 0.25) is 0 Å². The highest BCUT2D eigenvalue weighted by molar-refractivity contribution is 4.86. The molecule has 0 radical (unpaired) electrons. The highest BCUT2D eigenvalue weighted by Gasteiger charge is 2.22. The normalized spacial score (nSPS) is 33.5. The van der Waals surface area contributed by atoms with E-state index in [4.69, 9.17) is 5.26 Å². The molecule has 2 heteroatoms. The Morgan fingerprint density at radius 3 is 2.70 bits per heavy atom. The van der Waals surface area contributed by atoms with Crippen LogP contribution in [0, 0.1) is 17.4 Å². The van der Waals surface area contributed by atoms with Crippen molar-refractivity contribution in [1.29, 1.82) is 5.26 Å². The standard InChI is InChI=1S/C8H14N2/c1-7-4-3-5-10(6-9)8(7)2/h7-8H,3-5H2,1-2H3. The molecule has 0 N–H and O–H groups in total. The smallest absolute Gasteiger partial charge is 0.179 e. The minimum absolute atomic E-state index is 0.457. The Labute approximate surface area is 62.4 Å². The molecule has 1 aliphatic heterocycles. The van der Waals surface area contributed by atoms with Crippen LogP contribution in [0.5, 0.6) is 0 Å². The minimum atomic E-state index is 0.457. The Bertz CT molecular complexity index is 148. The molecular formula is C8H14N2. The van der Waals surface area contributed by atoms with Crippen molar-refractivity contribution < 1.29 is 0 Å². The molecule has 2 nitrogen and oxygen atoms in total. The number of likely N-dealkylation sites (tertiary alicyclic amines) is 1. The first-order valence-corrected chi connectivity index (χ1v) is 3.92. The summed E-state index contributed by atoms with van der Waals surface area (Å²) in [4.78, 5) is 1.88. The molecule has 0 bridgehead atoms. The summed E-state index contributed by atoms with van der Waals surface area (Å²) in [6, 6.07) is 0.457. The molecule has 0 aromatic rings. The summed E-state index contributed by atoms with van der Waals surface area (Å²) in [6.45, 7) is 5.31. The Kier molecular flexibility index (Phi) is 2.16. The van der Waals surface area contributed by atoms with E-state index in [1.165, 1.54) is 12.8 Å². The summed E-state index contributed by atoms with van der Waals surface area (Å²) >= 11 is 0. The van der Waals surface area contributed by atoms with Crippen molar-refractivity contribution in [3.8, 4) is 6.19 Å². The number of nitrogens with zero attached hydrogens (tertiary/aromatic N) is 2. The second kappa shape index (κ2) is 2.92. The molecule has 1 aliphatic rings. The van der Waals surface area contributed by atoms with Crippen molar-refractivity contribution in [1.82, 2.24) is 4.90 Å². The molecule has 0 saturated carbocycles. The van der Waals surface area contributed by atoms with Gasteiger partial charge in [0.25, 0.3) is 0 Å². The number of hydrogen-bond acceptors (Lipinski definition) is 2. The molecular weight excluding hydrogens is 124 g/mol. The lowest BCUT2D eigenvalue weighted by atomic mass is 9.93. The van der Waals surface area contributed by atoms with E-state index in [-0.39, 0.29) is 0 Å². The van der Waals surface area contributed by atoms with Crippen LogP contribution in [-0.4, -0.2) is 17.5 Å². The molecule has 0 amide bonds. The average molecular weight is 138 g/mol. The van der Waals surface area contributed by atoms with Crippen LogP contribution >= 0.6 is 0 Å². The van der Waals surface area contributed by atoms with Gasteiger partial charge in [0.05, 0.1) is 0 Å². The van der Waals surface area contributed by atoms with E-state index in [1.54, 1.807) is 0 Å². The number of piperidine rings is 1. The van der Waals surface area contributed by atoms with Crippen LogP contribution in [0.15, 0.2) is 0 Å². The summed E-state index contributed by atoms with van der Waals surface area (Å²) < 4.78 is 0. The molecule has 0 aromatic heterocycles. The summed E-state index contributed by atoms with van der Waals surface area (Å²) in [6.07, 6.45) is 4.67. The van der Waals surface area contributed by atoms with Crippen molar-refractivity contribution in [2.45, 2.75) is 32.7 Å². The van der Waals surface area contributed by atoms with E-state index < -0.39 is 0 Å². The number of rotatable bonds is 0. The van der Waals surface area contributed by atoms with Crippen molar-refractivity contribution in [2.24, 2.45) is 5.92 Å². The van der Waals surface area contributed by atoms with Crippen LogP contribution in [0.25, 0.3) is 0 Å². The molecule has 10 heavy (non-hydrogen) atoms. The SMILES string of the molecule is CC1CCCN(C#N)C1C. The molecule has 56 valence electrons. The van der Waals surface area contributed by atoms with Crippen LogP contribution in [0.1, 0.15) is 26.7 Å². The van der Waals surface area contributed by atoms with Gasteiger partial charge in [-0.2, -0.15) is 5.26 Å². The number of hydrogen-bond donors (Lipinski definition) is 0. The lowest BCUT2D eigenvalue weighted by molar-refractivity contribution is 0.177. The van der Waals surface area contributed by atoms with Gasteiger partial charge in [-0.1, -0.05) is 6.92 Å². The maximum Gasteiger partial charge on any atom is 0.179 e. The first kappa shape index (κ1) is 7.40. The van der Waals surface area contributed by atoms with E-state index in [1.807, 2.05) is 4.90 Å².